The zero-order valence-electron chi connectivity index (χ0n) is 19.6. The van der Waals surface area contributed by atoms with Gasteiger partial charge in [0.25, 0.3) is 5.91 Å². The molecule has 36 heavy (non-hydrogen) atoms. The maximum Gasteiger partial charge on any atom is 0.425 e. The number of amides is 3. The minimum atomic E-state index is -4.86. The number of urea groups is 1. The van der Waals surface area contributed by atoms with Crippen molar-refractivity contribution in [1.29, 1.82) is 0 Å². The summed E-state index contributed by atoms with van der Waals surface area (Å²) in [6.45, 7) is 2.95. The van der Waals surface area contributed by atoms with Crippen LogP contribution in [-0.4, -0.2) is 60.9 Å². The van der Waals surface area contributed by atoms with Crippen LogP contribution in [0.15, 0.2) is 30.3 Å². The van der Waals surface area contributed by atoms with Crippen molar-refractivity contribution in [3.8, 4) is 5.75 Å². The highest BCUT2D eigenvalue weighted by atomic mass is 19.4. The molecule has 0 aliphatic carbocycles. The van der Waals surface area contributed by atoms with Gasteiger partial charge in [0.2, 0.25) is 0 Å². The summed E-state index contributed by atoms with van der Waals surface area (Å²) in [5.41, 5.74) is 0.536. The second-order valence-corrected chi connectivity index (χ2v) is 7.96. The molecule has 2 aromatic carbocycles. The highest BCUT2D eigenvalue weighted by Crippen LogP contribution is 2.34. The van der Waals surface area contributed by atoms with Crippen LogP contribution < -0.4 is 20.5 Å². The predicted molar refractivity (Wildman–Crippen MR) is 118 cm³/mol. The summed E-state index contributed by atoms with van der Waals surface area (Å²) in [5, 5.41) is 2.64. The monoisotopic (exact) mass is 519 g/mol. The number of ether oxygens (including phenoxy) is 1. The van der Waals surface area contributed by atoms with Gasteiger partial charge >= 0.3 is 12.2 Å². The van der Waals surface area contributed by atoms with Gasteiger partial charge in [-0.05, 0) is 38.7 Å². The van der Waals surface area contributed by atoms with E-state index in [1.807, 2.05) is 5.32 Å². The van der Waals surface area contributed by atoms with E-state index in [-0.39, 0.29) is 0 Å². The second kappa shape index (κ2) is 10.2. The van der Waals surface area contributed by atoms with Gasteiger partial charge in [-0.1, -0.05) is 13.0 Å². The normalized spacial score (nSPS) is 17.1. The molecule has 2 aromatic rings. The zero-order chi connectivity index (χ0) is 26.9. The molecular weight excluding hydrogens is 496 g/mol. The molecule has 196 valence electrons. The summed E-state index contributed by atoms with van der Waals surface area (Å²) in [6.07, 6.45) is -8.01. The van der Waals surface area contributed by atoms with Gasteiger partial charge in [-0.3, -0.25) is 14.6 Å². The van der Waals surface area contributed by atoms with E-state index in [2.05, 4.69) is 5.43 Å². The van der Waals surface area contributed by atoms with Crippen LogP contribution in [0.3, 0.4) is 0 Å². The number of para-hydroxylation sites is 1. The molecule has 1 unspecified atom stereocenters. The molecule has 1 aliphatic heterocycles. The van der Waals surface area contributed by atoms with Crippen molar-refractivity contribution >= 4 is 23.3 Å². The fourth-order valence-electron chi connectivity index (χ4n) is 3.30. The number of hydrogen-bond acceptors (Lipinski definition) is 5. The molecule has 1 fully saturated rings. The number of nitrogens with one attached hydrogen (secondary N) is 2. The summed E-state index contributed by atoms with van der Waals surface area (Å²) < 4.78 is 87.6. The van der Waals surface area contributed by atoms with E-state index in [0.29, 0.717) is 19.5 Å². The van der Waals surface area contributed by atoms with Gasteiger partial charge in [0.15, 0.2) is 12.4 Å². The second-order valence-electron chi connectivity index (χ2n) is 7.96. The first kappa shape index (κ1) is 27.1. The molecule has 0 aromatic heterocycles. The summed E-state index contributed by atoms with van der Waals surface area (Å²) in [7, 11) is 3.11. The quantitative estimate of drug-likeness (QED) is 0.534. The van der Waals surface area contributed by atoms with Crippen LogP contribution in [0, 0.1) is 17.5 Å². The fraction of sp³-hybridized carbons (Fsp3) is 0.364. The molecule has 8 nitrogen and oxygen atoms in total. The molecule has 0 saturated carbocycles. The third-order valence-corrected chi connectivity index (χ3v) is 5.52. The Bertz CT molecular complexity index is 1140. The molecule has 3 amide bonds. The lowest BCUT2D eigenvalue weighted by molar-refractivity contribution is -0.189. The number of hydrazine groups is 1. The van der Waals surface area contributed by atoms with E-state index >= 15 is 4.39 Å². The fourth-order valence-corrected chi connectivity index (χ4v) is 3.30. The van der Waals surface area contributed by atoms with E-state index < -0.39 is 70.6 Å². The maximum absolute atomic E-state index is 15.1. The number of rotatable bonds is 7. The van der Waals surface area contributed by atoms with Crippen molar-refractivity contribution < 1.29 is 40.7 Å². The summed E-state index contributed by atoms with van der Waals surface area (Å²) >= 11 is 0. The lowest BCUT2D eigenvalue weighted by atomic mass is 10.1. The summed E-state index contributed by atoms with van der Waals surface area (Å²) in [6, 6.07) is 3.24. The van der Waals surface area contributed by atoms with Gasteiger partial charge in [-0.2, -0.15) is 18.6 Å². The van der Waals surface area contributed by atoms with Gasteiger partial charge in [-0.25, -0.2) is 23.0 Å². The minimum Gasteiger partial charge on any atom is -0.480 e. The summed E-state index contributed by atoms with van der Waals surface area (Å²) in [4.78, 5) is 28.4. The van der Waals surface area contributed by atoms with Gasteiger partial charge in [0.05, 0.1) is 5.56 Å². The Morgan fingerprint density at radius 3 is 2.36 bits per heavy atom. The largest absolute Gasteiger partial charge is 0.480 e. The van der Waals surface area contributed by atoms with Crippen molar-refractivity contribution in [2.24, 2.45) is 0 Å². The molecular formula is C22H23F6N5O3. The van der Waals surface area contributed by atoms with Crippen molar-refractivity contribution in [3.05, 3.63) is 53.3 Å². The zero-order valence-corrected chi connectivity index (χ0v) is 19.6. The number of carbonyl (C=O) groups excluding carboxylic acids is 2. The lowest BCUT2D eigenvalue weighted by Gasteiger charge is -2.26. The third kappa shape index (κ3) is 5.33. The molecule has 3 rings (SSSR count). The topological polar surface area (TPSA) is 77.1 Å². The first-order valence-electron chi connectivity index (χ1n) is 10.6. The van der Waals surface area contributed by atoms with Crippen molar-refractivity contribution in [1.82, 2.24) is 15.2 Å². The number of nitrogens with zero attached hydrogens (tertiary/aromatic N) is 3. The molecule has 0 bridgehead atoms. The minimum absolute atomic E-state index is 0.495. The van der Waals surface area contributed by atoms with Crippen molar-refractivity contribution in [2.45, 2.75) is 32.4 Å². The SMILES string of the molecule is CCN(C)C1NN(c2cc(O[C@@H](C)C(F)(F)F)c(C(=O)Nc3c(F)cccc3F)cc2F)C(=O)N1C. The van der Waals surface area contributed by atoms with E-state index in [4.69, 9.17) is 4.74 Å². The molecule has 1 heterocycles. The molecule has 2 atom stereocenters. The Hall–Kier alpha value is -3.52. The Morgan fingerprint density at radius 1 is 1.19 bits per heavy atom. The van der Waals surface area contributed by atoms with Crippen molar-refractivity contribution in [2.75, 3.05) is 31.0 Å². The van der Waals surface area contributed by atoms with E-state index in [0.717, 1.165) is 29.3 Å². The summed E-state index contributed by atoms with van der Waals surface area (Å²) in [5.74, 6) is -5.61. The van der Waals surface area contributed by atoms with Crippen LogP contribution in [0.4, 0.5) is 42.5 Å². The molecule has 1 aliphatic rings. The molecule has 14 heteroatoms. The number of benzene rings is 2. The Kier molecular flexibility index (Phi) is 7.69. The number of carbonyl (C=O) groups is 2. The van der Waals surface area contributed by atoms with Crippen LogP contribution in [-0.2, 0) is 0 Å². The predicted octanol–water partition coefficient (Wildman–Crippen LogP) is 4.30. The van der Waals surface area contributed by atoms with E-state index in [9.17, 15) is 31.5 Å². The highest BCUT2D eigenvalue weighted by molar-refractivity contribution is 6.07. The first-order chi connectivity index (χ1) is 16.8. The standard InChI is InChI=1S/C22H23F6N5O3/c1-5-31(3)20-30-33(21(35)32(20)4)16-10-17(36-11(2)22(26,27)28)12(9-15(16)25)19(34)29-18-13(23)7-6-8-14(18)24/h6-11,20,30H,5H2,1-4H3,(H,29,34)/t11-,20?/m0/s1. The average Bonchev–Trinajstić information content (AvgIpc) is 3.10. The number of anilines is 2. The maximum atomic E-state index is 15.1. The van der Waals surface area contributed by atoms with Gasteiger partial charge in [0.1, 0.15) is 34.6 Å². The van der Waals surface area contributed by atoms with Gasteiger partial charge in [0, 0.05) is 13.1 Å². The number of alkyl halides is 3. The van der Waals surface area contributed by atoms with E-state index in [1.165, 1.54) is 11.9 Å². The Balaban J connectivity index is 2.05. The van der Waals surface area contributed by atoms with Crippen molar-refractivity contribution in [3.63, 3.8) is 0 Å². The van der Waals surface area contributed by atoms with Crippen LogP contribution in [0.25, 0.3) is 0 Å². The first-order valence-corrected chi connectivity index (χ1v) is 10.6. The molecule has 2 N–H and O–H groups in total. The number of hydrogen-bond donors (Lipinski definition) is 2. The molecule has 0 spiro atoms. The third-order valence-electron chi connectivity index (χ3n) is 5.52. The smallest absolute Gasteiger partial charge is 0.425 e. The highest BCUT2D eigenvalue weighted by Gasteiger charge is 2.41. The number of halogens is 6. The average molecular weight is 519 g/mol. The molecule has 0 radical (unpaired) electrons. The van der Waals surface area contributed by atoms with Gasteiger partial charge < -0.3 is 10.1 Å². The Morgan fingerprint density at radius 2 is 1.81 bits per heavy atom. The Labute approximate surface area is 202 Å². The van der Waals surface area contributed by atoms with Crippen LogP contribution in [0.2, 0.25) is 0 Å². The van der Waals surface area contributed by atoms with Crippen LogP contribution in [0.1, 0.15) is 24.2 Å². The van der Waals surface area contributed by atoms with E-state index in [1.54, 1.807) is 18.9 Å². The van der Waals surface area contributed by atoms with Crippen LogP contribution in [0.5, 0.6) is 5.75 Å². The van der Waals surface area contributed by atoms with Gasteiger partial charge in [-0.15, -0.1) is 0 Å². The lowest BCUT2D eigenvalue weighted by Crippen LogP contribution is -2.48. The molecule has 1 saturated heterocycles. The van der Waals surface area contributed by atoms with Crippen LogP contribution >= 0.6 is 0 Å².